The second kappa shape index (κ2) is 11.7. The van der Waals surface area contributed by atoms with E-state index >= 15 is 0 Å². The molecule has 6 rings (SSSR count). The third-order valence-electron chi connectivity index (χ3n) is 8.41. The molecule has 2 fully saturated rings. The highest BCUT2D eigenvalue weighted by Crippen LogP contribution is 2.33. The van der Waals surface area contributed by atoms with E-state index < -0.39 is 41.1 Å². The molecule has 0 aliphatic carbocycles. The fraction of sp³-hybridized carbons (Fsp3) is 0.387. The number of nitriles is 1. The molecule has 16 heteroatoms. The second-order valence-electron chi connectivity index (χ2n) is 12.0. The van der Waals surface area contributed by atoms with Gasteiger partial charge in [0.1, 0.15) is 23.7 Å². The van der Waals surface area contributed by atoms with Gasteiger partial charge in [-0.3, -0.25) is 19.1 Å². The highest BCUT2D eigenvalue weighted by molar-refractivity contribution is 5.98. The average molecular weight is 648 g/mol. The molecule has 2 saturated heterocycles. The number of halogens is 3. The Balaban J connectivity index is 1.06. The summed E-state index contributed by atoms with van der Waals surface area (Å²) in [4.78, 5) is 49.3. The fourth-order valence-electron chi connectivity index (χ4n) is 5.60. The largest absolute Gasteiger partial charge is 0.419 e. The minimum Gasteiger partial charge on any atom is -0.372 e. The van der Waals surface area contributed by atoms with Crippen LogP contribution in [-0.4, -0.2) is 72.8 Å². The van der Waals surface area contributed by atoms with Crippen LogP contribution in [0.5, 0.6) is 0 Å². The van der Waals surface area contributed by atoms with Crippen molar-refractivity contribution in [3.63, 3.8) is 0 Å². The van der Waals surface area contributed by atoms with Crippen LogP contribution in [0.15, 0.2) is 36.8 Å². The predicted molar refractivity (Wildman–Crippen MR) is 158 cm³/mol. The van der Waals surface area contributed by atoms with E-state index in [1.54, 1.807) is 37.1 Å². The Labute approximate surface area is 266 Å². The Morgan fingerprint density at radius 3 is 2.66 bits per heavy atom. The molecule has 6 heterocycles. The lowest BCUT2D eigenvalue weighted by molar-refractivity contribution is -0.138. The molecule has 3 N–H and O–H groups in total. The lowest BCUT2D eigenvalue weighted by Gasteiger charge is -2.37. The van der Waals surface area contributed by atoms with E-state index in [1.807, 2.05) is 4.90 Å². The van der Waals surface area contributed by atoms with Crippen LogP contribution >= 0.6 is 0 Å². The van der Waals surface area contributed by atoms with Gasteiger partial charge in [0, 0.05) is 25.7 Å². The van der Waals surface area contributed by atoms with Gasteiger partial charge in [0.15, 0.2) is 5.69 Å². The smallest absolute Gasteiger partial charge is 0.372 e. The number of aliphatic hydroxyl groups excluding tert-OH is 1. The lowest BCUT2D eigenvalue weighted by atomic mass is 10.0. The maximum Gasteiger partial charge on any atom is 0.419 e. The molecule has 0 radical (unpaired) electrons. The Morgan fingerprint density at radius 2 is 1.96 bits per heavy atom. The van der Waals surface area contributed by atoms with Crippen molar-refractivity contribution in [2.45, 2.75) is 57.2 Å². The van der Waals surface area contributed by atoms with Gasteiger partial charge in [0.2, 0.25) is 5.91 Å². The normalized spacial score (nSPS) is 19.7. The van der Waals surface area contributed by atoms with Crippen LogP contribution < -0.4 is 15.5 Å². The molecule has 3 aliphatic rings. The molecule has 3 amide bonds. The first-order valence-electron chi connectivity index (χ1n) is 14.6. The van der Waals surface area contributed by atoms with Gasteiger partial charge < -0.3 is 25.5 Å². The molecule has 242 valence electrons. The van der Waals surface area contributed by atoms with E-state index in [2.05, 4.69) is 37.5 Å². The summed E-state index contributed by atoms with van der Waals surface area (Å²) in [7, 11) is 0. The van der Waals surface area contributed by atoms with Crippen molar-refractivity contribution in [1.82, 2.24) is 30.0 Å². The van der Waals surface area contributed by atoms with Gasteiger partial charge in [-0.05, 0) is 38.5 Å². The molecule has 0 spiro atoms. The number of nitrogens with one attached hydrogen (secondary N) is 2. The Hall–Kier alpha value is -5.48. The SMILES string of the molecule is CC(C)(C(=O)Nc1cnc(C#N)c(C(F)(F)F)c1)n1cc(C#CC2CN(c3ccc4c(n3)CN(C3CCC(=O)NC3O)C4=O)C2)cn1. The summed E-state index contributed by atoms with van der Waals surface area (Å²) in [5, 5.41) is 28.3. The minimum absolute atomic E-state index is 0.0237. The molecular formula is C31H28F3N9O4. The van der Waals surface area contributed by atoms with E-state index in [-0.39, 0.29) is 36.4 Å². The maximum atomic E-state index is 13.3. The number of carbonyl (C=O) groups excluding carboxylic acids is 3. The second-order valence-corrected chi connectivity index (χ2v) is 12.0. The van der Waals surface area contributed by atoms with E-state index in [4.69, 9.17) is 5.26 Å². The summed E-state index contributed by atoms with van der Waals surface area (Å²) in [6.45, 7) is 4.54. The maximum absolute atomic E-state index is 13.3. The Kier molecular flexibility index (Phi) is 7.85. The summed E-state index contributed by atoms with van der Waals surface area (Å²) >= 11 is 0. The molecular weight excluding hydrogens is 619 g/mol. The number of aliphatic hydroxyl groups is 1. The van der Waals surface area contributed by atoms with Gasteiger partial charge in [0.25, 0.3) is 11.8 Å². The number of carbonyl (C=O) groups is 3. The molecule has 3 aromatic rings. The first-order valence-corrected chi connectivity index (χ1v) is 14.6. The summed E-state index contributed by atoms with van der Waals surface area (Å²) in [5.41, 5.74) is -1.93. The standard InChI is InChI=1S/C31H28F3N9O4/c1-30(2,29(47)38-19-9-21(31(32,33)34)22(10-35)36-12-19)43-15-17(11-37-43)3-4-18-13-41(14-18)25-7-5-20-23(39-25)16-42(28(20)46)24-6-8-26(44)40-27(24)45/h5,7,9,11-12,15,18,24,27,45H,6,8,13-14,16H2,1-2H3,(H,38,47)(H,40,44). The van der Waals surface area contributed by atoms with Crippen molar-refractivity contribution in [3.8, 4) is 17.9 Å². The first kappa shape index (κ1) is 31.5. The van der Waals surface area contributed by atoms with Gasteiger partial charge in [-0.2, -0.15) is 23.5 Å². The van der Waals surface area contributed by atoms with Crippen LogP contribution in [0.4, 0.5) is 24.7 Å². The Bertz CT molecular complexity index is 1880. The predicted octanol–water partition coefficient (Wildman–Crippen LogP) is 1.98. The fourth-order valence-corrected chi connectivity index (χ4v) is 5.60. The van der Waals surface area contributed by atoms with Crippen LogP contribution in [0.25, 0.3) is 0 Å². The number of fused-ring (bicyclic) bond motifs is 1. The first-order chi connectivity index (χ1) is 22.2. The number of hydrogen-bond acceptors (Lipinski definition) is 9. The zero-order valence-corrected chi connectivity index (χ0v) is 25.2. The van der Waals surface area contributed by atoms with Crippen molar-refractivity contribution >= 4 is 29.2 Å². The molecule has 0 saturated carbocycles. The summed E-state index contributed by atoms with van der Waals surface area (Å²) in [6, 6.07) is 5.05. The average Bonchev–Trinajstić information content (AvgIpc) is 3.61. The number of rotatable bonds is 5. The quantitative estimate of drug-likeness (QED) is 0.351. The lowest BCUT2D eigenvalue weighted by Crippen LogP contribution is -2.55. The number of alkyl halides is 3. The van der Waals surface area contributed by atoms with Crippen molar-refractivity contribution in [1.29, 1.82) is 5.26 Å². The number of hydrogen-bond donors (Lipinski definition) is 3. The molecule has 3 aromatic heterocycles. The zero-order valence-electron chi connectivity index (χ0n) is 25.2. The number of nitrogens with zero attached hydrogens (tertiary/aromatic N) is 7. The van der Waals surface area contributed by atoms with Crippen LogP contribution in [0.1, 0.15) is 59.6 Å². The summed E-state index contributed by atoms with van der Waals surface area (Å²) in [5.74, 6) is 5.83. The summed E-state index contributed by atoms with van der Waals surface area (Å²) in [6.07, 6.45) is -1.29. The van der Waals surface area contributed by atoms with Gasteiger partial charge in [-0.1, -0.05) is 11.8 Å². The monoisotopic (exact) mass is 647 g/mol. The highest BCUT2D eigenvalue weighted by Gasteiger charge is 2.40. The number of amides is 3. The van der Waals surface area contributed by atoms with Gasteiger partial charge in [-0.15, -0.1) is 0 Å². The summed E-state index contributed by atoms with van der Waals surface area (Å²) < 4.78 is 41.3. The van der Waals surface area contributed by atoms with Crippen molar-refractivity contribution < 1.29 is 32.7 Å². The van der Waals surface area contributed by atoms with Crippen molar-refractivity contribution in [3.05, 3.63) is 64.9 Å². The molecule has 0 bridgehead atoms. The molecule has 3 aliphatic heterocycles. The molecule has 0 aromatic carbocycles. The number of aromatic nitrogens is 4. The Morgan fingerprint density at radius 1 is 1.19 bits per heavy atom. The number of anilines is 2. The van der Waals surface area contributed by atoms with Gasteiger partial charge in [0.05, 0.1) is 59.0 Å². The van der Waals surface area contributed by atoms with Crippen LogP contribution in [0, 0.1) is 29.1 Å². The van der Waals surface area contributed by atoms with Crippen LogP contribution in [0.3, 0.4) is 0 Å². The van der Waals surface area contributed by atoms with E-state index in [0.717, 1.165) is 6.20 Å². The number of pyridine rings is 2. The number of piperidine rings is 1. The molecule has 47 heavy (non-hydrogen) atoms. The zero-order chi connectivity index (χ0) is 33.7. The van der Waals surface area contributed by atoms with Gasteiger partial charge >= 0.3 is 6.18 Å². The third-order valence-corrected chi connectivity index (χ3v) is 8.41. The van der Waals surface area contributed by atoms with Gasteiger partial charge in [-0.25, -0.2) is 9.97 Å². The van der Waals surface area contributed by atoms with E-state index in [9.17, 15) is 32.7 Å². The van der Waals surface area contributed by atoms with E-state index in [1.165, 1.54) is 16.9 Å². The van der Waals surface area contributed by atoms with Crippen LogP contribution in [-0.2, 0) is 27.8 Å². The van der Waals surface area contributed by atoms with Crippen molar-refractivity contribution in [2.75, 3.05) is 23.3 Å². The molecule has 2 atom stereocenters. The molecule has 2 unspecified atom stereocenters. The third kappa shape index (κ3) is 6.07. The van der Waals surface area contributed by atoms with E-state index in [0.29, 0.717) is 48.2 Å². The van der Waals surface area contributed by atoms with Crippen LogP contribution in [0.2, 0.25) is 0 Å². The highest BCUT2D eigenvalue weighted by atomic mass is 19.4. The minimum atomic E-state index is -4.82. The molecule has 13 nitrogen and oxygen atoms in total. The topological polar surface area (TPSA) is 169 Å². The van der Waals surface area contributed by atoms with Crippen molar-refractivity contribution in [2.24, 2.45) is 5.92 Å².